The molecule has 102 valence electrons. The van der Waals surface area contributed by atoms with Crippen molar-refractivity contribution in [1.29, 1.82) is 0 Å². The molecule has 1 atom stereocenters. The van der Waals surface area contributed by atoms with E-state index < -0.39 is 41.1 Å². The minimum Gasteiger partial charge on any atom is -0.488 e. The van der Waals surface area contributed by atoms with Gasteiger partial charge in [-0.2, -0.15) is 13.2 Å². The highest BCUT2D eigenvalue weighted by Gasteiger charge is 2.33. The van der Waals surface area contributed by atoms with Crippen LogP contribution in [0.3, 0.4) is 0 Å². The van der Waals surface area contributed by atoms with E-state index in [1.807, 2.05) is 0 Å². The predicted octanol–water partition coefficient (Wildman–Crippen LogP) is 3.69. The maximum Gasteiger partial charge on any atom is 0.416 e. The van der Waals surface area contributed by atoms with E-state index >= 15 is 0 Å². The largest absolute Gasteiger partial charge is 0.488 e. The number of rotatable bonds is 3. The van der Waals surface area contributed by atoms with Crippen LogP contribution in [0.25, 0.3) is 0 Å². The first-order chi connectivity index (χ1) is 8.12. The molecule has 0 aliphatic carbocycles. The molecule has 1 rings (SSSR count). The highest BCUT2D eigenvalue weighted by Crippen LogP contribution is 2.36. The summed E-state index contributed by atoms with van der Waals surface area (Å²) >= 11 is 0. The molecule has 1 unspecified atom stereocenters. The van der Waals surface area contributed by atoms with E-state index in [-0.39, 0.29) is 0 Å². The van der Waals surface area contributed by atoms with Crippen molar-refractivity contribution in [3.8, 4) is 5.75 Å². The van der Waals surface area contributed by atoms with Crippen LogP contribution in [0, 0.1) is 5.82 Å². The average Bonchev–Trinajstić information content (AvgIpc) is 2.18. The molecule has 1 aromatic carbocycles. The van der Waals surface area contributed by atoms with Gasteiger partial charge in [-0.25, -0.2) is 4.39 Å². The van der Waals surface area contributed by atoms with E-state index in [9.17, 15) is 22.7 Å². The second kappa shape index (κ2) is 5.14. The van der Waals surface area contributed by atoms with Crippen LogP contribution >= 0.6 is 0 Å². The second-order valence-electron chi connectivity index (χ2n) is 4.22. The van der Waals surface area contributed by atoms with E-state index in [0.717, 1.165) is 0 Å². The van der Waals surface area contributed by atoms with E-state index in [1.165, 1.54) is 6.92 Å². The van der Waals surface area contributed by atoms with Crippen LogP contribution < -0.4 is 4.74 Å². The molecule has 0 saturated carbocycles. The lowest BCUT2D eigenvalue weighted by Gasteiger charge is -2.17. The van der Waals surface area contributed by atoms with Crippen molar-refractivity contribution >= 4 is 0 Å². The molecule has 0 amide bonds. The van der Waals surface area contributed by atoms with Gasteiger partial charge < -0.3 is 9.84 Å². The van der Waals surface area contributed by atoms with Crippen molar-refractivity contribution in [3.05, 3.63) is 29.1 Å². The Bertz CT molecular complexity index is 425. The third-order valence-electron chi connectivity index (χ3n) is 2.21. The van der Waals surface area contributed by atoms with Crippen LogP contribution in [0.5, 0.6) is 5.75 Å². The summed E-state index contributed by atoms with van der Waals surface area (Å²) < 4.78 is 56.6. The van der Waals surface area contributed by atoms with Gasteiger partial charge >= 0.3 is 6.18 Å². The van der Waals surface area contributed by atoms with Crippen molar-refractivity contribution in [2.75, 3.05) is 0 Å². The lowest BCUT2D eigenvalue weighted by Crippen LogP contribution is -2.13. The molecular formula is C12H14F4O2. The number of benzene rings is 1. The molecule has 0 spiro atoms. The maximum atomic E-state index is 13.8. The minimum absolute atomic E-state index is 0.430. The zero-order chi connectivity index (χ0) is 14.1. The molecule has 0 heterocycles. The molecule has 0 bridgehead atoms. The predicted molar refractivity (Wildman–Crippen MR) is 57.8 cm³/mol. The first-order valence-corrected chi connectivity index (χ1v) is 5.38. The Morgan fingerprint density at radius 2 is 1.72 bits per heavy atom. The van der Waals surface area contributed by atoms with Crippen LogP contribution in [0.15, 0.2) is 12.1 Å². The Labute approximate surface area is 102 Å². The van der Waals surface area contributed by atoms with E-state index in [4.69, 9.17) is 4.74 Å². The zero-order valence-corrected chi connectivity index (χ0v) is 10.2. The summed E-state index contributed by atoms with van der Waals surface area (Å²) in [5.41, 5.74) is -1.48. The van der Waals surface area contributed by atoms with Gasteiger partial charge in [-0.05, 0) is 32.9 Å². The molecule has 6 heteroatoms. The average molecular weight is 266 g/mol. The van der Waals surface area contributed by atoms with Gasteiger partial charge in [-0.1, -0.05) is 0 Å². The van der Waals surface area contributed by atoms with Crippen LogP contribution in [0.4, 0.5) is 17.6 Å². The molecule has 1 aromatic rings. The summed E-state index contributed by atoms with van der Waals surface area (Å²) in [6, 6.07) is 1.19. The van der Waals surface area contributed by atoms with Gasteiger partial charge in [0.15, 0.2) is 11.6 Å². The number of hydrogen-bond donors (Lipinski definition) is 1. The monoisotopic (exact) mass is 266 g/mol. The van der Waals surface area contributed by atoms with Crippen molar-refractivity contribution in [2.45, 2.75) is 39.2 Å². The standard InChI is InChI=1S/C12H14F4O2/c1-6(2)18-10-5-8(12(14,15)16)4-9(7(3)17)11(10)13/h4-7,17H,1-3H3. The number of aliphatic hydroxyl groups excluding tert-OH is 1. The quantitative estimate of drug-likeness (QED) is 0.845. The number of halogens is 4. The minimum atomic E-state index is -4.62. The fraction of sp³-hybridized carbons (Fsp3) is 0.500. The number of ether oxygens (including phenoxy) is 1. The molecule has 2 nitrogen and oxygen atoms in total. The highest BCUT2D eigenvalue weighted by molar-refractivity contribution is 5.38. The lowest BCUT2D eigenvalue weighted by atomic mass is 10.0. The molecule has 0 radical (unpaired) electrons. The summed E-state index contributed by atoms with van der Waals surface area (Å²) in [5.74, 6) is -1.47. The van der Waals surface area contributed by atoms with Crippen molar-refractivity contribution < 1.29 is 27.4 Å². The summed E-state index contributed by atoms with van der Waals surface area (Å²) in [4.78, 5) is 0. The number of aliphatic hydroxyl groups is 1. The SMILES string of the molecule is CC(C)Oc1cc(C(F)(F)F)cc(C(C)O)c1F. The third-order valence-corrected chi connectivity index (χ3v) is 2.21. The molecule has 0 fully saturated rings. The van der Waals surface area contributed by atoms with Gasteiger partial charge in [0.1, 0.15) is 0 Å². The van der Waals surface area contributed by atoms with Crippen LogP contribution in [-0.2, 0) is 6.18 Å². The second-order valence-corrected chi connectivity index (χ2v) is 4.22. The Kier molecular flexibility index (Phi) is 4.21. The first-order valence-electron chi connectivity index (χ1n) is 5.38. The third kappa shape index (κ3) is 3.35. The molecule has 0 aliphatic rings. The van der Waals surface area contributed by atoms with E-state index in [2.05, 4.69) is 0 Å². The first kappa shape index (κ1) is 14.8. The summed E-state index contributed by atoms with van der Waals surface area (Å²) in [5, 5.41) is 9.29. The van der Waals surface area contributed by atoms with Crippen molar-refractivity contribution in [2.24, 2.45) is 0 Å². The van der Waals surface area contributed by atoms with E-state index in [1.54, 1.807) is 13.8 Å². The number of hydrogen-bond acceptors (Lipinski definition) is 2. The Hall–Kier alpha value is -1.30. The molecule has 1 N–H and O–H groups in total. The van der Waals surface area contributed by atoms with E-state index in [0.29, 0.717) is 12.1 Å². The van der Waals surface area contributed by atoms with Crippen LogP contribution in [-0.4, -0.2) is 11.2 Å². The summed E-state index contributed by atoms with van der Waals surface area (Å²) in [6.07, 6.45) is -6.43. The number of alkyl halides is 3. The van der Waals surface area contributed by atoms with Gasteiger partial charge in [0, 0.05) is 5.56 Å². The molecule has 0 aliphatic heterocycles. The van der Waals surface area contributed by atoms with Crippen molar-refractivity contribution in [1.82, 2.24) is 0 Å². The zero-order valence-electron chi connectivity index (χ0n) is 10.2. The van der Waals surface area contributed by atoms with Gasteiger partial charge in [0.05, 0.1) is 17.8 Å². The molecule has 0 saturated heterocycles. The summed E-state index contributed by atoms with van der Waals surface area (Å²) in [7, 11) is 0. The Morgan fingerprint density at radius 1 is 1.17 bits per heavy atom. The maximum absolute atomic E-state index is 13.8. The fourth-order valence-corrected chi connectivity index (χ4v) is 1.43. The van der Waals surface area contributed by atoms with Gasteiger partial charge in [-0.15, -0.1) is 0 Å². The Balaban J connectivity index is 3.37. The topological polar surface area (TPSA) is 29.5 Å². The van der Waals surface area contributed by atoms with Gasteiger partial charge in [0.25, 0.3) is 0 Å². The lowest BCUT2D eigenvalue weighted by molar-refractivity contribution is -0.137. The fourth-order valence-electron chi connectivity index (χ4n) is 1.43. The molecule has 0 aromatic heterocycles. The van der Waals surface area contributed by atoms with Crippen LogP contribution in [0.1, 0.15) is 38.0 Å². The normalized spacial score (nSPS) is 13.8. The summed E-state index contributed by atoms with van der Waals surface area (Å²) in [6.45, 7) is 4.33. The van der Waals surface area contributed by atoms with Gasteiger partial charge in [-0.3, -0.25) is 0 Å². The molecule has 18 heavy (non-hydrogen) atoms. The highest BCUT2D eigenvalue weighted by atomic mass is 19.4. The van der Waals surface area contributed by atoms with Gasteiger partial charge in [0.2, 0.25) is 0 Å². The molecular weight excluding hydrogens is 252 g/mol. The Morgan fingerprint density at radius 3 is 2.11 bits per heavy atom. The van der Waals surface area contributed by atoms with Crippen molar-refractivity contribution in [3.63, 3.8) is 0 Å². The van der Waals surface area contributed by atoms with Crippen LogP contribution in [0.2, 0.25) is 0 Å². The smallest absolute Gasteiger partial charge is 0.416 e.